The van der Waals surface area contributed by atoms with Crippen molar-refractivity contribution in [3.05, 3.63) is 35.9 Å². The summed E-state index contributed by atoms with van der Waals surface area (Å²) in [5, 5.41) is 0. The first kappa shape index (κ1) is 16.8. The van der Waals surface area contributed by atoms with Crippen LogP contribution in [-0.2, 0) is 6.54 Å². The van der Waals surface area contributed by atoms with Crippen LogP contribution in [0.25, 0.3) is 0 Å². The lowest BCUT2D eigenvalue weighted by atomic mass is 10.1. The largest absolute Gasteiger partial charge is 1.00 e. The summed E-state index contributed by atoms with van der Waals surface area (Å²) in [6.07, 6.45) is 0. The summed E-state index contributed by atoms with van der Waals surface area (Å²) in [5.41, 5.74) is 1.37. The van der Waals surface area contributed by atoms with Crippen LogP contribution in [0.4, 0.5) is 4.79 Å². The van der Waals surface area contributed by atoms with Crippen molar-refractivity contribution >= 4 is 6.03 Å². The number of nitrogens with zero attached hydrogens (tertiary/aromatic N) is 3. The monoisotopic (exact) mass is 297 g/mol. The number of hydrogen-bond acceptors (Lipinski definition) is 1. The van der Waals surface area contributed by atoms with Crippen molar-refractivity contribution in [2.45, 2.75) is 6.54 Å². The molecule has 2 amide bonds. The normalized spacial score (nSPS) is 17.2. The molecule has 0 N–H and O–H groups in total. The molecule has 0 aromatic heterocycles. The molecular formula is C15H24ClN3O. The summed E-state index contributed by atoms with van der Waals surface area (Å²) >= 11 is 0. The third kappa shape index (κ3) is 4.12. The number of halogens is 1. The minimum absolute atomic E-state index is 0. The fourth-order valence-corrected chi connectivity index (χ4v) is 2.60. The lowest BCUT2D eigenvalue weighted by molar-refractivity contribution is -0.926. The number of carbonyl (C=O) groups excluding carboxylic acids is 1. The Morgan fingerprint density at radius 3 is 2.25 bits per heavy atom. The summed E-state index contributed by atoms with van der Waals surface area (Å²) in [7, 11) is 5.91. The van der Waals surface area contributed by atoms with Crippen LogP contribution in [0.5, 0.6) is 0 Å². The molecule has 2 rings (SSSR count). The van der Waals surface area contributed by atoms with Crippen molar-refractivity contribution in [3.63, 3.8) is 0 Å². The number of benzene rings is 1. The van der Waals surface area contributed by atoms with Gasteiger partial charge in [-0.05, 0) is 0 Å². The number of piperazine rings is 1. The molecule has 0 aliphatic carbocycles. The standard InChI is InChI=1S/C15H24N3O.ClH/c1-16(2)15(19)17-9-11-18(3,12-10-17)13-14-7-5-4-6-8-14;/h4-8H,9-13H2,1-3H3;1H/q+1;/p-1. The highest BCUT2D eigenvalue weighted by molar-refractivity contribution is 5.73. The average molecular weight is 298 g/mol. The first-order chi connectivity index (χ1) is 9.00. The fraction of sp³-hybridized carbons (Fsp3) is 0.533. The Labute approximate surface area is 128 Å². The average Bonchev–Trinajstić information content (AvgIpc) is 2.39. The lowest BCUT2D eigenvalue weighted by Crippen LogP contribution is -3.00. The third-order valence-electron chi connectivity index (χ3n) is 3.88. The second kappa shape index (κ2) is 6.95. The maximum absolute atomic E-state index is 11.9. The van der Waals surface area contributed by atoms with E-state index >= 15 is 0 Å². The summed E-state index contributed by atoms with van der Waals surface area (Å²) in [5.74, 6) is 0. The molecule has 20 heavy (non-hydrogen) atoms. The van der Waals surface area contributed by atoms with E-state index in [4.69, 9.17) is 0 Å². The van der Waals surface area contributed by atoms with Gasteiger partial charge in [0.2, 0.25) is 0 Å². The van der Waals surface area contributed by atoms with E-state index < -0.39 is 0 Å². The van der Waals surface area contributed by atoms with Crippen LogP contribution in [0, 0.1) is 0 Å². The van der Waals surface area contributed by atoms with Gasteiger partial charge in [0.25, 0.3) is 0 Å². The van der Waals surface area contributed by atoms with Crippen molar-refractivity contribution in [1.29, 1.82) is 0 Å². The van der Waals surface area contributed by atoms with Crippen molar-refractivity contribution in [3.8, 4) is 0 Å². The molecule has 4 nitrogen and oxygen atoms in total. The van der Waals surface area contributed by atoms with Gasteiger partial charge in [-0.15, -0.1) is 0 Å². The van der Waals surface area contributed by atoms with Gasteiger partial charge in [-0.1, -0.05) is 30.3 Å². The predicted molar refractivity (Wildman–Crippen MR) is 76.7 cm³/mol. The molecule has 0 spiro atoms. The van der Waals surface area contributed by atoms with Gasteiger partial charge in [-0.3, -0.25) is 0 Å². The van der Waals surface area contributed by atoms with Crippen molar-refractivity contribution in [2.75, 3.05) is 47.3 Å². The molecule has 1 fully saturated rings. The van der Waals surface area contributed by atoms with Crippen LogP contribution in [0.1, 0.15) is 5.56 Å². The fourth-order valence-electron chi connectivity index (χ4n) is 2.60. The number of hydrogen-bond donors (Lipinski definition) is 0. The maximum atomic E-state index is 11.9. The number of amides is 2. The van der Waals surface area contributed by atoms with E-state index in [1.165, 1.54) is 5.56 Å². The molecule has 1 aliphatic heterocycles. The topological polar surface area (TPSA) is 23.6 Å². The molecule has 1 aliphatic rings. The van der Waals surface area contributed by atoms with Gasteiger partial charge in [-0.25, -0.2) is 4.79 Å². The number of likely N-dealkylation sites (N-methyl/N-ethyl adjacent to an activating group) is 1. The van der Waals surface area contributed by atoms with Crippen LogP contribution in [-0.4, -0.2) is 67.6 Å². The zero-order chi connectivity index (χ0) is 13.9. The van der Waals surface area contributed by atoms with E-state index in [-0.39, 0.29) is 18.4 Å². The van der Waals surface area contributed by atoms with E-state index in [1.54, 1.807) is 4.90 Å². The van der Waals surface area contributed by atoms with Gasteiger partial charge in [0, 0.05) is 19.7 Å². The molecule has 0 radical (unpaired) electrons. The quantitative estimate of drug-likeness (QED) is 0.618. The Morgan fingerprint density at radius 1 is 1.20 bits per heavy atom. The predicted octanol–water partition coefficient (Wildman–Crippen LogP) is -1.37. The van der Waals surface area contributed by atoms with Gasteiger partial charge in [0.15, 0.2) is 0 Å². The molecule has 0 saturated carbocycles. The minimum atomic E-state index is 0. The first-order valence-corrected chi connectivity index (χ1v) is 6.84. The zero-order valence-electron chi connectivity index (χ0n) is 12.6. The van der Waals surface area contributed by atoms with Crippen molar-refractivity contribution < 1.29 is 21.7 Å². The summed E-state index contributed by atoms with van der Waals surface area (Å²) < 4.78 is 1.02. The molecule has 0 atom stereocenters. The smallest absolute Gasteiger partial charge is 0.319 e. The zero-order valence-corrected chi connectivity index (χ0v) is 13.3. The Kier molecular flexibility index (Phi) is 5.84. The van der Waals surface area contributed by atoms with E-state index in [1.807, 2.05) is 19.0 Å². The summed E-state index contributed by atoms with van der Waals surface area (Å²) in [6, 6.07) is 10.7. The van der Waals surface area contributed by atoms with Crippen LogP contribution in [0.15, 0.2) is 30.3 Å². The highest BCUT2D eigenvalue weighted by Gasteiger charge is 2.31. The van der Waals surface area contributed by atoms with E-state index in [2.05, 4.69) is 37.4 Å². The third-order valence-corrected chi connectivity index (χ3v) is 3.88. The summed E-state index contributed by atoms with van der Waals surface area (Å²) in [6.45, 7) is 4.79. The molecule has 5 heteroatoms. The number of carbonyl (C=O) groups is 1. The Bertz CT molecular complexity index is 428. The highest BCUT2D eigenvalue weighted by atomic mass is 35.5. The lowest BCUT2D eigenvalue weighted by Gasteiger charge is -2.42. The van der Waals surface area contributed by atoms with Gasteiger partial charge >= 0.3 is 6.03 Å². The van der Waals surface area contributed by atoms with Crippen LogP contribution in [0.2, 0.25) is 0 Å². The Balaban J connectivity index is 0.00000200. The Morgan fingerprint density at radius 2 is 1.75 bits per heavy atom. The number of rotatable bonds is 2. The van der Waals surface area contributed by atoms with E-state index in [9.17, 15) is 4.79 Å². The van der Waals surface area contributed by atoms with Crippen LogP contribution >= 0.6 is 0 Å². The van der Waals surface area contributed by atoms with Crippen LogP contribution < -0.4 is 12.4 Å². The van der Waals surface area contributed by atoms with Gasteiger partial charge in [-0.2, -0.15) is 0 Å². The minimum Gasteiger partial charge on any atom is -1.00 e. The highest BCUT2D eigenvalue weighted by Crippen LogP contribution is 2.16. The first-order valence-electron chi connectivity index (χ1n) is 6.84. The van der Waals surface area contributed by atoms with Crippen LogP contribution in [0.3, 0.4) is 0 Å². The van der Waals surface area contributed by atoms with Crippen molar-refractivity contribution in [2.24, 2.45) is 0 Å². The number of urea groups is 1. The molecule has 1 aromatic carbocycles. The van der Waals surface area contributed by atoms with Gasteiger partial charge < -0.3 is 26.7 Å². The molecular weight excluding hydrogens is 274 g/mol. The van der Waals surface area contributed by atoms with E-state index in [0.717, 1.165) is 37.2 Å². The molecule has 1 saturated heterocycles. The molecule has 1 aromatic rings. The van der Waals surface area contributed by atoms with E-state index in [0.29, 0.717) is 0 Å². The molecule has 0 bridgehead atoms. The van der Waals surface area contributed by atoms with Gasteiger partial charge in [0.1, 0.15) is 6.54 Å². The SMILES string of the molecule is CN(C)C(=O)N1CC[N+](C)(Cc2ccccc2)CC1.[Cl-]. The maximum Gasteiger partial charge on any atom is 0.319 e. The second-order valence-corrected chi connectivity index (χ2v) is 5.87. The van der Waals surface area contributed by atoms with Gasteiger partial charge in [0.05, 0.1) is 33.2 Å². The second-order valence-electron chi connectivity index (χ2n) is 5.87. The summed E-state index contributed by atoms with van der Waals surface area (Å²) in [4.78, 5) is 15.5. The van der Waals surface area contributed by atoms with Crippen molar-refractivity contribution in [1.82, 2.24) is 9.80 Å². The molecule has 0 unspecified atom stereocenters. The number of quaternary nitrogens is 1. The molecule has 112 valence electrons. The molecule has 1 heterocycles. The Hall–Kier alpha value is -1.26.